The molecular weight excluding hydrogens is 364 g/mol. The van der Waals surface area contributed by atoms with Gasteiger partial charge in [-0.05, 0) is 43.0 Å². The molecule has 0 aliphatic rings. The molecule has 29 heavy (non-hydrogen) atoms. The van der Waals surface area contributed by atoms with Crippen molar-refractivity contribution in [2.24, 2.45) is 0 Å². The number of nitrogens with one attached hydrogen (secondary N) is 1. The molecule has 2 heterocycles. The maximum Gasteiger partial charge on any atom is 0.251 e. The van der Waals surface area contributed by atoms with Gasteiger partial charge in [-0.15, -0.1) is 0 Å². The summed E-state index contributed by atoms with van der Waals surface area (Å²) in [5, 5.41) is 2.95. The van der Waals surface area contributed by atoms with Crippen LogP contribution in [-0.4, -0.2) is 27.0 Å². The Bertz CT molecular complexity index is 1060. The first-order chi connectivity index (χ1) is 14.3. The zero-order valence-corrected chi connectivity index (χ0v) is 16.3. The van der Waals surface area contributed by atoms with E-state index >= 15 is 0 Å². The van der Waals surface area contributed by atoms with Gasteiger partial charge in [-0.2, -0.15) is 0 Å². The molecule has 6 nitrogen and oxygen atoms in total. The van der Waals surface area contributed by atoms with Gasteiger partial charge in [0.2, 0.25) is 0 Å². The number of carbonyl (C=O) groups is 1. The molecule has 0 aliphatic heterocycles. The molecule has 4 rings (SSSR count). The molecule has 0 fully saturated rings. The SMILES string of the molecule is O=C(NCCCn1ccnc1)c1ccc2oc(CCCc3ccccc3)nc2c1. The number of imidazole rings is 1. The van der Waals surface area contributed by atoms with Crippen LogP contribution in [0.2, 0.25) is 0 Å². The van der Waals surface area contributed by atoms with Gasteiger partial charge in [0.1, 0.15) is 5.52 Å². The Morgan fingerprint density at radius 2 is 1.97 bits per heavy atom. The van der Waals surface area contributed by atoms with E-state index in [1.54, 1.807) is 24.7 Å². The number of carbonyl (C=O) groups excluding carboxylic acids is 1. The van der Waals surface area contributed by atoms with Crippen molar-refractivity contribution >= 4 is 17.0 Å². The van der Waals surface area contributed by atoms with Crippen LogP contribution in [0.4, 0.5) is 0 Å². The molecule has 0 saturated carbocycles. The van der Waals surface area contributed by atoms with Gasteiger partial charge in [0.05, 0.1) is 6.33 Å². The summed E-state index contributed by atoms with van der Waals surface area (Å²) in [4.78, 5) is 21.0. The zero-order chi connectivity index (χ0) is 19.9. The monoisotopic (exact) mass is 388 g/mol. The van der Waals surface area contributed by atoms with Gasteiger partial charge < -0.3 is 14.3 Å². The Labute approximate surface area is 169 Å². The highest BCUT2D eigenvalue weighted by Crippen LogP contribution is 2.19. The Kier molecular flexibility index (Phi) is 6.00. The van der Waals surface area contributed by atoms with Crippen molar-refractivity contribution in [2.75, 3.05) is 6.54 Å². The minimum Gasteiger partial charge on any atom is -0.441 e. The third-order valence-electron chi connectivity index (χ3n) is 4.83. The van der Waals surface area contributed by atoms with Gasteiger partial charge in [0.15, 0.2) is 11.5 Å². The van der Waals surface area contributed by atoms with Gasteiger partial charge in [-0.1, -0.05) is 30.3 Å². The molecule has 2 aromatic heterocycles. The van der Waals surface area contributed by atoms with Gasteiger partial charge >= 0.3 is 0 Å². The van der Waals surface area contributed by atoms with E-state index in [-0.39, 0.29) is 5.91 Å². The van der Waals surface area contributed by atoms with Crippen molar-refractivity contribution in [3.8, 4) is 0 Å². The van der Waals surface area contributed by atoms with E-state index in [9.17, 15) is 4.79 Å². The lowest BCUT2D eigenvalue weighted by atomic mass is 10.1. The van der Waals surface area contributed by atoms with Crippen molar-refractivity contribution < 1.29 is 9.21 Å². The summed E-state index contributed by atoms with van der Waals surface area (Å²) < 4.78 is 7.82. The Morgan fingerprint density at radius 3 is 2.79 bits per heavy atom. The molecule has 0 radical (unpaired) electrons. The second-order valence-corrected chi connectivity index (χ2v) is 7.04. The summed E-state index contributed by atoms with van der Waals surface area (Å²) in [5.74, 6) is 0.625. The minimum absolute atomic E-state index is 0.0915. The first-order valence-electron chi connectivity index (χ1n) is 9.95. The third-order valence-corrected chi connectivity index (χ3v) is 4.83. The second-order valence-electron chi connectivity index (χ2n) is 7.04. The Hall–Kier alpha value is -3.41. The normalized spacial score (nSPS) is 11.0. The van der Waals surface area contributed by atoms with E-state index in [0.717, 1.165) is 43.3 Å². The van der Waals surface area contributed by atoms with Gasteiger partial charge in [-0.3, -0.25) is 4.79 Å². The Balaban J connectivity index is 1.29. The van der Waals surface area contributed by atoms with Crippen LogP contribution in [0.1, 0.15) is 34.7 Å². The molecule has 0 spiro atoms. The van der Waals surface area contributed by atoms with Crippen LogP contribution >= 0.6 is 0 Å². The fourth-order valence-corrected chi connectivity index (χ4v) is 3.30. The molecule has 0 saturated heterocycles. The number of aryl methyl sites for hydroxylation is 3. The number of rotatable bonds is 9. The highest BCUT2D eigenvalue weighted by Gasteiger charge is 2.10. The lowest BCUT2D eigenvalue weighted by Crippen LogP contribution is -2.25. The molecule has 0 bridgehead atoms. The smallest absolute Gasteiger partial charge is 0.251 e. The largest absolute Gasteiger partial charge is 0.441 e. The predicted molar refractivity (Wildman–Crippen MR) is 112 cm³/mol. The maximum atomic E-state index is 12.4. The van der Waals surface area contributed by atoms with Gasteiger partial charge in [-0.25, -0.2) is 9.97 Å². The molecule has 148 valence electrons. The molecule has 1 amide bonds. The number of hydrogen-bond acceptors (Lipinski definition) is 4. The van der Waals surface area contributed by atoms with Crippen molar-refractivity contribution in [1.29, 1.82) is 0 Å². The highest BCUT2D eigenvalue weighted by molar-refractivity contribution is 5.97. The zero-order valence-electron chi connectivity index (χ0n) is 16.3. The number of aromatic nitrogens is 3. The maximum absolute atomic E-state index is 12.4. The van der Waals surface area contributed by atoms with Crippen LogP contribution in [0.3, 0.4) is 0 Å². The van der Waals surface area contributed by atoms with E-state index in [0.29, 0.717) is 18.0 Å². The van der Waals surface area contributed by atoms with E-state index < -0.39 is 0 Å². The number of fused-ring (bicyclic) bond motifs is 1. The average molecular weight is 388 g/mol. The minimum atomic E-state index is -0.0915. The first kappa shape index (κ1) is 18.9. The topological polar surface area (TPSA) is 73.0 Å². The highest BCUT2D eigenvalue weighted by atomic mass is 16.3. The van der Waals surface area contributed by atoms with E-state index in [1.807, 2.05) is 22.9 Å². The summed E-state index contributed by atoms with van der Waals surface area (Å²) >= 11 is 0. The fourth-order valence-electron chi connectivity index (χ4n) is 3.30. The average Bonchev–Trinajstić information content (AvgIpc) is 3.40. The quantitative estimate of drug-likeness (QED) is 0.440. The van der Waals surface area contributed by atoms with E-state index in [2.05, 4.69) is 39.6 Å². The van der Waals surface area contributed by atoms with E-state index in [1.165, 1.54) is 5.56 Å². The summed E-state index contributed by atoms with van der Waals surface area (Å²) in [7, 11) is 0. The van der Waals surface area contributed by atoms with Crippen LogP contribution in [0.5, 0.6) is 0 Å². The number of amides is 1. The molecule has 4 aromatic rings. The van der Waals surface area contributed by atoms with Crippen LogP contribution in [0, 0.1) is 0 Å². The van der Waals surface area contributed by atoms with Gasteiger partial charge in [0.25, 0.3) is 5.91 Å². The lowest BCUT2D eigenvalue weighted by Gasteiger charge is -2.05. The number of oxazole rings is 1. The summed E-state index contributed by atoms with van der Waals surface area (Å²) in [6, 6.07) is 15.8. The van der Waals surface area contributed by atoms with Crippen molar-refractivity contribution in [3.05, 3.63) is 84.3 Å². The van der Waals surface area contributed by atoms with Crippen molar-refractivity contribution in [2.45, 2.75) is 32.2 Å². The first-order valence-corrected chi connectivity index (χ1v) is 9.95. The van der Waals surface area contributed by atoms with E-state index in [4.69, 9.17) is 4.42 Å². The standard InChI is InChI=1S/C23H24N4O2/c28-23(25-12-5-14-27-15-13-24-17-27)19-10-11-21-20(16-19)26-22(29-21)9-4-8-18-6-2-1-3-7-18/h1-3,6-7,10-11,13,15-17H,4-5,8-9,12,14H2,(H,25,28). The Morgan fingerprint density at radius 1 is 1.07 bits per heavy atom. The molecule has 0 atom stereocenters. The molecule has 0 unspecified atom stereocenters. The van der Waals surface area contributed by atoms with Crippen LogP contribution in [0.25, 0.3) is 11.1 Å². The number of benzene rings is 2. The molecule has 6 heteroatoms. The van der Waals surface area contributed by atoms with Crippen LogP contribution in [0.15, 0.2) is 71.7 Å². The van der Waals surface area contributed by atoms with Crippen LogP contribution in [-0.2, 0) is 19.4 Å². The third kappa shape index (κ3) is 5.10. The lowest BCUT2D eigenvalue weighted by molar-refractivity contribution is 0.0953. The summed E-state index contributed by atoms with van der Waals surface area (Å²) in [6.07, 6.45) is 9.03. The molecule has 0 aliphatic carbocycles. The molecule has 1 N–H and O–H groups in total. The van der Waals surface area contributed by atoms with Crippen LogP contribution < -0.4 is 5.32 Å². The molecular formula is C23H24N4O2. The summed E-state index contributed by atoms with van der Waals surface area (Å²) in [5.41, 5.74) is 3.36. The predicted octanol–water partition coefficient (Wildman–Crippen LogP) is 4.02. The second kappa shape index (κ2) is 9.19. The summed E-state index contributed by atoms with van der Waals surface area (Å²) in [6.45, 7) is 1.44. The van der Waals surface area contributed by atoms with Gasteiger partial charge in [0, 0.05) is 37.5 Å². The molecule has 2 aromatic carbocycles. The fraction of sp³-hybridized carbons (Fsp3) is 0.261. The van der Waals surface area contributed by atoms with Crippen molar-refractivity contribution in [1.82, 2.24) is 19.9 Å². The number of nitrogens with zero attached hydrogens (tertiary/aromatic N) is 3. The van der Waals surface area contributed by atoms with Crippen molar-refractivity contribution in [3.63, 3.8) is 0 Å². The number of hydrogen-bond donors (Lipinski definition) is 1.